The van der Waals surface area contributed by atoms with Gasteiger partial charge in [-0.25, -0.2) is 8.42 Å². The van der Waals surface area contributed by atoms with Crippen molar-refractivity contribution in [2.24, 2.45) is 0 Å². The molecule has 0 bridgehead atoms. The van der Waals surface area contributed by atoms with Gasteiger partial charge in [-0.1, -0.05) is 55.5 Å². The summed E-state index contributed by atoms with van der Waals surface area (Å²) in [6.07, 6.45) is 0.658. The molecule has 0 heterocycles. The second kappa shape index (κ2) is 9.40. The Kier molecular flexibility index (Phi) is 6.66. The maximum absolute atomic E-state index is 13.0. The molecule has 160 valence electrons. The van der Waals surface area contributed by atoms with Gasteiger partial charge in [-0.3, -0.25) is 9.52 Å². The molecule has 3 rings (SSSR count). The summed E-state index contributed by atoms with van der Waals surface area (Å²) in [5, 5.41) is 4.51. The minimum absolute atomic E-state index is 0.00227. The van der Waals surface area contributed by atoms with Crippen LogP contribution in [0.5, 0.6) is 0 Å². The topological polar surface area (TPSA) is 132 Å². The standard InChI is InChI=1S/C22H22N4O4S/c1-2-18(15-9-4-3-5-10-15)24-22(27)16-11-6-7-13-19(16)26-31(29,30)20-14-8-12-17(23)21(20)25-28/h3-14,18,26H,2,23H2,1H3,(H,24,27)/p+1/t18-/m0/s1. The quantitative estimate of drug-likeness (QED) is 0.400. The van der Waals surface area contributed by atoms with Crippen molar-refractivity contribution in [3.63, 3.8) is 0 Å². The number of para-hydroxylation sites is 2. The van der Waals surface area contributed by atoms with Crippen LogP contribution < -0.4 is 20.9 Å². The predicted molar refractivity (Wildman–Crippen MR) is 119 cm³/mol. The third-order valence-corrected chi connectivity index (χ3v) is 6.19. The summed E-state index contributed by atoms with van der Waals surface area (Å²) in [7, 11) is -4.19. The Morgan fingerprint density at radius 1 is 1.00 bits per heavy atom. The lowest BCUT2D eigenvalue weighted by Crippen LogP contribution is -2.57. The number of amides is 1. The van der Waals surface area contributed by atoms with Crippen molar-refractivity contribution in [2.75, 3.05) is 10.5 Å². The van der Waals surface area contributed by atoms with E-state index >= 15 is 0 Å². The SMILES string of the molecule is CC[C@H](NC(=O)c1ccccc1NS(=O)(=O)c1cccc(N)c1[NH+]=O)c1ccccc1. The molecular formula is C22H23N4O4S+. The molecule has 0 saturated carbocycles. The van der Waals surface area contributed by atoms with Crippen LogP contribution >= 0.6 is 0 Å². The number of hydrogen-bond donors (Lipinski definition) is 4. The smallest absolute Gasteiger partial charge is 0.296 e. The van der Waals surface area contributed by atoms with Gasteiger partial charge in [0.15, 0.2) is 4.90 Å². The van der Waals surface area contributed by atoms with E-state index in [0.717, 1.165) is 5.56 Å². The minimum Gasteiger partial charge on any atom is -0.393 e. The van der Waals surface area contributed by atoms with Gasteiger partial charge < -0.3 is 11.1 Å². The number of benzene rings is 3. The lowest BCUT2D eigenvalue weighted by Gasteiger charge is -2.19. The first kappa shape index (κ1) is 22.0. The Balaban J connectivity index is 1.91. The number of nitroso groups, excluding NO2 is 1. The Hall–Kier alpha value is -3.72. The fourth-order valence-electron chi connectivity index (χ4n) is 3.19. The van der Waals surface area contributed by atoms with E-state index in [2.05, 4.69) is 10.0 Å². The van der Waals surface area contributed by atoms with Crippen LogP contribution in [0.1, 0.15) is 35.3 Å². The first-order valence-corrected chi connectivity index (χ1v) is 11.1. The monoisotopic (exact) mass is 439 g/mol. The van der Waals surface area contributed by atoms with Gasteiger partial charge in [0.05, 0.1) is 17.3 Å². The third-order valence-electron chi connectivity index (χ3n) is 4.78. The Bertz CT molecular complexity index is 1200. The van der Waals surface area contributed by atoms with E-state index < -0.39 is 15.9 Å². The van der Waals surface area contributed by atoms with Gasteiger partial charge in [0.2, 0.25) is 0 Å². The number of carbonyl (C=O) groups excluding carboxylic acids is 1. The first-order chi connectivity index (χ1) is 14.9. The van der Waals surface area contributed by atoms with E-state index in [1.165, 1.54) is 30.3 Å². The fourth-order valence-corrected chi connectivity index (χ4v) is 4.46. The van der Waals surface area contributed by atoms with E-state index in [-0.39, 0.29) is 33.6 Å². The Morgan fingerprint density at radius 2 is 1.68 bits per heavy atom. The van der Waals surface area contributed by atoms with Gasteiger partial charge in [0, 0.05) is 10.1 Å². The molecule has 8 nitrogen and oxygen atoms in total. The molecule has 1 amide bonds. The number of rotatable bonds is 8. The zero-order valence-electron chi connectivity index (χ0n) is 16.8. The summed E-state index contributed by atoms with van der Waals surface area (Å²) in [6, 6.07) is 19.6. The molecule has 1 atom stereocenters. The van der Waals surface area contributed by atoms with Crippen LogP contribution in [0.3, 0.4) is 0 Å². The molecule has 0 aromatic heterocycles. The van der Waals surface area contributed by atoms with Crippen molar-refractivity contribution in [2.45, 2.75) is 24.3 Å². The molecular weight excluding hydrogens is 416 g/mol. The molecule has 0 aliphatic heterocycles. The van der Waals surface area contributed by atoms with Crippen LogP contribution in [0, 0.1) is 4.91 Å². The zero-order valence-corrected chi connectivity index (χ0v) is 17.6. The zero-order chi connectivity index (χ0) is 22.4. The number of sulfonamides is 1. The lowest BCUT2D eigenvalue weighted by molar-refractivity contribution is -0.381. The maximum Gasteiger partial charge on any atom is 0.296 e. The number of carbonyl (C=O) groups is 1. The summed E-state index contributed by atoms with van der Waals surface area (Å²) in [5.74, 6) is -0.427. The average molecular weight is 440 g/mol. The number of hydrogen-bond acceptors (Lipinski definition) is 5. The van der Waals surface area contributed by atoms with Gasteiger partial charge in [-0.05, 0) is 36.2 Å². The lowest BCUT2D eigenvalue weighted by atomic mass is 10.0. The van der Waals surface area contributed by atoms with Crippen molar-refractivity contribution < 1.29 is 18.4 Å². The second-order valence-electron chi connectivity index (χ2n) is 6.82. The summed E-state index contributed by atoms with van der Waals surface area (Å²) in [6.45, 7) is 1.95. The summed E-state index contributed by atoms with van der Waals surface area (Å²) < 4.78 is 28.3. The van der Waals surface area contributed by atoms with Crippen LogP contribution in [0.4, 0.5) is 17.1 Å². The molecule has 31 heavy (non-hydrogen) atoms. The van der Waals surface area contributed by atoms with Crippen LogP contribution in [0.15, 0.2) is 77.7 Å². The Morgan fingerprint density at radius 3 is 2.35 bits per heavy atom. The molecule has 0 fully saturated rings. The molecule has 0 saturated heterocycles. The number of anilines is 2. The highest BCUT2D eigenvalue weighted by Gasteiger charge is 2.27. The van der Waals surface area contributed by atoms with Crippen LogP contribution in [0.25, 0.3) is 0 Å². The fraction of sp³-hybridized carbons (Fsp3) is 0.136. The van der Waals surface area contributed by atoms with E-state index in [0.29, 0.717) is 6.42 Å². The summed E-state index contributed by atoms with van der Waals surface area (Å²) in [5.41, 5.74) is 6.63. The van der Waals surface area contributed by atoms with E-state index in [1.54, 1.807) is 17.3 Å². The molecule has 3 aromatic rings. The van der Waals surface area contributed by atoms with Crippen LogP contribution in [0.2, 0.25) is 0 Å². The molecule has 0 spiro atoms. The molecule has 9 heteroatoms. The summed E-state index contributed by atoms with van der Waals surface area (Å²) in [4.78, 5) is 23.9. The highest BCUT2D eigenvalue weighted by Crippen LogP contribution is 2.27. The van der Waals surface area contributed by atoms with Crippen molar-refractivity contribution in [3.05, 3.63) is 88.8 Å². The largest absolute Gasteiger partial charge is 0.393 e. The predicted octanol–water partition coefficient (Wildman–Crippen LogP) is 2.43. The maximum atomic E-state index is 13.0. The highest BCUT2D eigenvalue weighted by molar-refractivity contribution is 7.92. The molecule has 0 unspecified atom stereocenters. The molecule has 5 N–H and O–H groups in total. The van der Waals surface area contributed by atoms with Crippen LogP contribution in [-0.2, 0) is 10.0 Å². The van der Waals surface area contributed by atoms with Gasteiger partial charge in [-0.2, -0.15) is 0 Å². The number of nitrogen functional groups attached to an aromatic ring is 1. The minimum atomic E-state index is -4.19. The van der Waals surface area contributed by atoms with E-state index in [4.69, 9.17) is 5.73 Å². The van der Waals surface area contributed by atoms with Gasteiger partial charge in [0.25, 0.3) is 21.6 Å². The molecule has 3 aromatic carbocycles. The van der Waals surface area contributed by atoms with E-state index in [9.17, 15) is 18.1 Å². The van der Waals surface area contributed by atoms with Crippen molar-refractivity contribution in [1.82, 2.24) is 5.32 Å². The second-order valence-corrected chi connectivity index (χ2v) is 8.47. The van der Waals surface area contributed by atoms with Crippen molar-refractivity contribution >= 4 is 33.0 Å². The number of nitrogens with one attached hydrogen (secondary N) is 3. The third kappa shape index (κ3) is 4.89. The van der Waals surface area contributed by atoms with Crippen LogP contribution in [-0.4, -0.2) is 14.3 Å². The number of nitrogens with two attached hydrogens (primary N) is 1. The Labute approximate surface area is 180 Å². The van der Waals surface area contributed by atoms with Crippen molar-refractivity contribution in [3.8, 4) is 0 Å². The van der Waals surface area contributed by atoms with Gasteiger partial charge >= 0.3 is 0 Å². The molecule has 0 aliphatic carbocycles. The molecule has 0 aliphatic rings. The average Bonchev–Trinajstić information content (AvgIpc) is 2.77. The van der Waals surface area contributed by atoms with Crippen molar-refractivity contribution in [1.29, 1.82) is 0 Å². The van der Waals surface area contributed by atoms with E-state index in [1.807, 2.05) is 37.3 Å². The molecule has 0 radical (unpaired) electrons. The first-order valence-electron chi connectivity index (χ1n) is 9.61. The normalized spacial score (nSPS) is 12.0. The van der Waals surface area contributed by atoms with Gasteiger partial charge in [0.1, 0.15) is 5.69 Å². The summed E-state index contributed by atoms with van der Waals surface area (Å²) >= 11 is 0. The highest BCUT2D eigenvalue weighted by atomic mass is 32.2. The van der Waals surface area contributed by atoms with Gasteiger partial charge in [-0.15, -0.1) is 0 Å².